The zero-order chi connectivity index (χ0) is 14.8. The van der Waals surface area contributed by atoms with Crippen LogP contribution in [0, 0.1) is 0 Å². The normalized spacial score (nSPS) is 11.8. The summed E-state index contributed by atoms with van der Waals surface area (Å²) in [6.07, 6.45) is 1.48. The van der Waals surface area contributed by atoms with Crippen LogP contribution in [0.25, 0.3) is 0 Å². The highest BCUT2D eigenvalue weighted by atomic mass is 79.9. The summed E-state index contributed by atoms with van der Waals surface area (Å²) in [4.78, 5) is 4.95. The lowest BCUT2D eigenvalue weighted by Gasteiger charge is -2.18. The van der Waals surface area contributed by atoms with E-state index in [1.54, 1.807) is 0 Å². The fourth-order valence-electron chi connectivity index (χ4n) is 1.60. The van der Waals surface area contributed by atoms with E-state index in [1.165, 1.54) is 35.0 Å². The van der Waals surface area contributed by atoms with E-state index in [-0.39, 0.29) is 10.7 Å². The number of nitrogens with one attached hydrogen (secondary N) is 1. The summed E-state index contributed by atoms with van der Waals surface area (Å²) in [5, 5.41) is 1.91. The van der Waals surface area contributed by atoms with Crippen molar-refractivity contribution in [3.63, 3.8) is 0 Å². The second kappa shape index (κ2) is 6.19. The average Bonchev–Trinajstić information content (AvgIpc) is 2.91. The average molecular weight is 377 g/mol. The number of hydrazine groups is 1. The summed E-state index contributed by atoms with van der Waals surface area (Å²) >= 11 is 4.72. The Labute approximate surface area is 129 Å². The van der Waals surface area contributed by atoms with E-state index in [1.807, 2.05) is 17.5 Å². The van der Waals surface area contributed by atoms with Crippen LogP contribution in [0.3, 0.4) is 0 Å². The van der Waals surface area contributed by atoms with Crippen molar-refractivity contribution in [3.05, 3.63) is 39.1 Å². The molecule has 0 amide bonds. The summed E-state index contributed by atoms with van der Waals surface area (Å²) in [5.41, 5.74) is 2.31. The van der Waals surface area contributed by atoms with Crippen molar-refractivity contribution < 1.29 is 8.42 Å². The van der Waals surface area contributed by atoms with Gasteiger partial charge in [0.1, 0.15) is 4.90 Å². The molecule has 108 valence electrons. The fraction of sp³-hybridized carbons (Fsp3) is 0.182. The SMILES string of the molecule is CN(Cc1cccs1)S(=O)(=O)c1cc(Br)cnc1NN. The topological polar surface area (TPSA) is 88.3 Å². The van der Waals surface area contributed by atoms with Gasteiger partial charge in [-0.05, 0) is 33.4 Å². The molecule has 0 saturated carbocycles. The van der Waals surface area contributed by atoms with E-state index in [0.29, 0.717) is 11.0 Å². The van der Waals surface area contributed by atoms with Gasteiger partial charge in [0.15, 0.2) is 5.82 Å². The van der Waals surface area contributed by atoms with Crippen LogP contribution in [0.2, 0.25) is 0 Å². The highest BCUT2D eigenvalue weighted by molar-refractivity contribution is 9.10. The molecular weight excluding hydrogens is 364 g/mol. The molecule has 0 saturated heterocycles. The van der Waals surface area contributed by atoms with Crippen LogP contribution in [0.4, 0.5) is 5.82 Å². The molecule has 9 heteroatoms. The number of pyridine rings is 1. The van der Waals surface area contributed by atoms with Gasteiger partial charge in [-0.25, -0.2) is 19.2 Å². The summed E-state index contributed by atoms with van der Waals surface area (Å²) in [7, 11) is -2.15. The standard InChI is InChI=1S/C11H13BrN4O2S2/c1-16(7-9-3-2-4-19-9)20(17,18)10-5-8(12)6-14-11(10)15-13/h2-6H,7,13H2,1H3,(H,14,15). The fourth-order valence-corrected chi connectivity index (χ4v) is 4.20. The summed E-state index contributed by atoms with van der Waals surface area (Å²) in [6.45, 7) is 0.302. The molecule has 0 bridgehead atoms. The van der Waals surface area contributed by atoms with Gasteiger partial charge in [0.2, 0.25) is 10.0 Å². The highest BCUT2D eigenvalue weighted by Crippen LogP contribution is 2.26. The van der Waals surface area contributed by atoms with Crippen LogP contribution in [-0.2, 0) is 16.6 Å². The minimum atomic E-state index is -3.68. The third kappa shape index (κ3) is 3.18. The number of nitrogens with zero attached hydrogens (tertiary/aromatic N) is 2. The van der Waals surface area contributed by atoms with E-state index in [4.69, 9.17) is 5.84 Å². The summed E-state index contributed by atoms with van der Waals surface area (Å²) < 4.78 is 27.0. The Morgan fingerprint density at radius 3 is 2.90 bits per heavy atom. The van der Waals surface area contributed by atoms with Crippen LogP contribution in [0.5, 0.6) is 0 Å². The Hall–Kier alpha value is -1.00. The van der Waals surface area contributed by atoms with Gasteiger partial charge in [0.05, 0.1) is 0 Å². The molecular formula is C11H13BrN4O2S2. The monoisotopic (exact) mass is 376 g/mol. The first-order chi connectivity index (χ1) is 9.45. The van der Waals surface area contributed by atoms with Crippen molar-refractivity contribution >= 4 is 43.1 Å². The number of rotatable bonds is 5. The van der Waals surface area contributed by atoms with Crippen LogP contribution in [0.15, 0.2) is 39.1 Å². The first-order valence-electron chi connectivity index (χ1n) is 5.56. The minimum absolute atomic E-state index is 0.0356. The van der Waals surface area contributed by atoms with Gasteiger partial charge in [-0.2, -0.15) is 4.31 Å². The molecule has 2 rings (SSSR count). The maximum Gasteiger partial charge on any atom is 0.246 e. The van der Waals surface area contributed by atoms with E-state index in [2.05, 4.69) is 26.3 Å². The Kier molecular flexibility index (Phi) is 4.76. The Morgan fingerprint density at radius 1 is 1.55 bits per heavy atom. The van der Waals surface area contributed by atoms with Gasteiger partial charge in [0.25, 0.3) is 0 Å². The molecule has 0 unspecified atom stereocenters. The van der Waals surface area contributed by atoms with Gasteiger partial charge in [-0.3, -0.25) is 0 Å². The number of sulfonamides is 1. The molecule has 2 heterocycles. The van der Waals surface area contributed by atoms with E-state index >= 15 is 0 Å². The van der Waals surface area contributed by atoms with Gasteiger partial charge < -0.3 is 5.43 Å². The predicted octanol–water partition coefficient (Wildman–Crippen LogP) is 2.01. The molecule has 0 aliphatic heterocycles. The van der Waals surface area contributed by atoms with Crippen LogP contribution >= 0.6 is 27.3 Å². The molecule has 3 N–H and O–H groups in total. The minimum Gasteiger partial charge on any atom is -0.307 e. The van der Waals surface area contributed by atoms with Gasteiger partial charge in [0, 0.05) is 29.1 Å². The number of halogens is 1. The van der Waals surface area contributed by atoms with Crippen molar-refractivity contribution in [3.8, 4) is 0 Å². The van der Waals surface area contributed by atoms with E-state index < -0.39 is 10.0 Å². The maximum absolute atomic E-state index is 12.6. The first-order valence-corrected chi connectivity index (χ1v) is 8.67. The third-order valence-electron chi connectivity index (χ3n) is 2.60. The first kappa shape index (κ1) is 15.4. The summed E-state index contributed by atoms with van der Waals surface area (Å²) in [5.74, 6) is 5.44. The Bertz CT molecular complexity index is 688. The van der Waals surface area contributed by atoms with Crippen LogP contribution in [0.1, 0.15) is 4.88 Å². The summed E-state index contributed by atoms with van der Waals surface area (Å²) in [6, 6.07) is 5.24. The van der Waals surface area contributed by atoms with Crippen molar-refractivity contribution in [1.29, 1.82) is 0 Å². The van der Waals surface area contributed by atoms with Gasteiger partial charge >= 0.3 is 0 Å². The number of thiophene rings is 1. The molecule has 0 radical (unpaired) electrons. The smallest absolute Gasteiger partial charge is 0.246 e. The predicted molar refractivity (Wildman–Crippen MR) is 82.7 cm³/mol. The number of anilines is 1. The zero-order valence-electron chi connectivity index (χ0n) is 10.6. The quantitative estimate of drug-likeness (QED) is 0.615. The largest absolute Gasteiger partial charge is 0.307 e. The van der Waals surface area contributed by atoms with Crippen LogP contribution in [-0.4, -0.2) is 24.8 Å². The molecule has 0 spiro atoms. The molecule has 20 heavy (non-hydrogen) atoms. The van der Waals surface area contributed by atoms with Gasteiger partial charge in [-0.1, -0.05) is 6.07 Å². The Balaban J connectivity index is 2.36. The van der Waals surface area contributed by atoms with Crippen molar-refractivity contribution in [2.24, 2.45) is 5.84 Å². The molecule has 2 aromatic rings. The lowest BCUT2D eigenvalue weighted by Crippen LogP contribution is -2.27. The Morgan fingerprint density at radius 2 is 2.30 bits per heavy atom. The maximum atomic E-state index is 12.6. The molecule has 0 aromatic carbocycles. The molecule has 6 nitrogen and oxygen atoms in total. The number of nitrogen functional groups attached to an aromatic ring is 1. The molecule has 0 aliphatic rings. The molecule has 0 atom stereocenters. The number of hydrogen-bond donors (Lipinski definition) is 2. The molecule has 2 aromatic heterocycles. The second-order valence-corrected chi connectivity index (χ2v) is 7.95. The second-order valence-electron chi connectivity index (χ2n) is 3.99. The highest BCUT2D eigenvalue weighted by Gasteiger charge is 2.25. The van der Waals surface area contributed by atoms with Crippen molar-refractivity contribution in [2.45, 2.75) is 11.4 Å². The zero-order valence-corrected chi connectivity index (χ0v) is 13.8. The number of hydrogen-bond acceptors (Lipinski definition) is 6. The third-order valence-corrected chi connectivity index (χ3v) is 5.71. The lowest BCUT2D eigenvalue weighted by molar-refractivity contribution is 0.469. The number of aromatic nitrogens is 1. The van der Waals surface area contributed by atoms with E-state index in [9.17, 15) is 8.42 Å². The van der Waals surface area contributed by atoms with Crippen molar-refractivity contribution in [1.82, 2.24) is 9.29 Å². The van der Waals surface area contributed by atoms with Gasteiger partial charge in [-0.15, -0.1) is 11.3 Å². The lowest BCUT2D eigenvalue weighted by atomic mass is 10.5. The number of nitrogens with two attached hydrogens (primary N) is 1. The van der Waals surface area contributed by atoms with E-state index in [0.717, 1.165) is 4.88 Å². The molecule has 0 fully saturated rings. The molecule has 0 aliphatic carbocycles. The van der Waals surface area contributed by atoms with Crippen LogP contribution < -0.4 is 11.3 Å². The van der Waals surface area contributed by atoms with Crippen molar-refractivity contribution in [2.75, 3.05) is 12.5 Å².